The second-order valence-corrected chi connectivity index (χ2v) is 4.56. The predicted octanol–water partition coefficient (Wildman–Crippen LogP) is 2.61. The lowest BCUT2D eigenvalue weighted by atomic mass is 10.1. The SMILES string of the molecule is CCC[C@@H](N)C(=O)Nc1cccc2c(O)cccc12. The molecule has 1 atom stereocenters. The van der Waals surface area contributed by atoms with Gasteiger partial charge in [0.25, 0.3) is 0 Å². The number of carbonyl (C=O) groups excluding carboxylic acids is 1. The molecule has 1 amide bonds. The van der Waals surface area contributed by atoms with E-state index in [2.05, 4.69) is 5.32 Å². The van der Waals surface area contributed by atoms with E-state index in [1.807, 2.05) is 19.1 Å². The van der Waals surface area contributed by atoms with E-state index in [1.165, 1.54) is 0 Å². The summed E-state index contributed by atoms with van der Waals surface area (Å²) in [6.45, 7) is 1.99. The molecule has 4 heteroatoms. The summed E-state index contributed by atoms with van der Waals surface area (Å²) in [6, 6.07) is 10.1. The van der Waals surface area contributed by atoms with Crippen molar-refractivity contribution in [3.05, 3.63) is 36.4 Å². The van der Waals surface area contributed by atoms with E-state index in [0.29, 0.717) is 17.5 Å². The van der Waals surface area contributed by atoms with Crippen LogP contribution in [0.3, 0.4) is 0 Å². The summed E-state index contributed by atoms with van der Waals surface area (Å²) >= 11 is 0. The van der Waals surface area contributed by atoms with Crippen LogP contribution in [0.5, 0.6) is 5.75 Å². The van der Waals surface area contributed by atoms with Gasteiger partial charge in [-0.15, -0.1) is 0 Å². The maximum atomic E-state index is 11.9. The average Bonchev–Trinajstić information content (AvgIpc) is 2.40. The summed E-state index contributed by atoms with van der Waals surface area (Å²) < 4.78 is 0. The Morgan fingerprint density at radius 2 is 1.95 bits per heavy atom. The second kappa shape index (κ2) is 5.71. The smallest absolute Gasteiger partial charge is 0.241 e. The molecule has 4 N–H and O–H groups in total. The van der Waals surface area contributed by atoms with Crippen molar-refractivity contribution in [2.45, 2.75) is 25.8 Å². The van der Waals surface area contributed by atoms with Crippen molar-refractivity contribution < 1.29 is 9.90 Å². The number of rotatable bonds is 4. The molecule has 2 rings (SSSR count). The zero-order valence-corrected chi connectivity index (χ0v) is 10.9. The molecule has 0 saturated carbocycles. The van der Waals surface area contributed by atoms with E-state index >= 15 is 0 Å². The highest BCUT2D eigenvalue weighted by molar-refractivity contribution is 6.05. The van der Waals surface area contributed by atoms with Gasteiger partial charge < -0.3 is 16.2 Å². The molecule has 2 aromatic carbocycles. The van der Waals surface area contributed by atoms with Gasteiger partial charge in [0.1, 0.15) is 5.75 Å². The first kappa shape index (κ1) is 13.4. The number of benzene rings is 2. The normalized spacial score (nSPS) is 12.3. The van der Waals surface area contributed by atoms with Crippen LogP contribution in [0.4, 0.5) is 5.69 Å². The minimum Gasteiger partial charge on any atom is -0.507 e. The van der Waals surface area contributed by atoms with Crippen LogP contribution < -0.4 is 11.1 Å². The van der Waals surface area contributed by atoms with Crippen molar-refractivity contribution in [1.82, 2.24) is 0 Å². The highest BCUT2D eigenvalue weighted by Crippen LogP contribution is 2.29. The molecule has 0 unspecified atom stereocenters. The summed E-state index contributed by atoms with van der Waals surface area (Å²) in [5, 5.41) is 14.1. The number of hydrogen-bond acceptors (Lipinski definition) is 3. The van der Waals surface area contributed by atoms with Gasteiger partial charge in [-0.05, 0) is 18.6 Å². The zero-order valence-electron chi connectivity index (χ0n) is 10.9. The van der Waals surface area contributed by atoms with E-state index in [0.717, 1.165) is 11.8 Å². The van der Waals surface area contributed by atoms with E-state index in [4.69, 9.17) is 5.73 Å². The molecular weight excluding hydrogens is 240 g/mol. The number of amides is 1. The Balaban J connectivity index is 2.31. The minimum atomic E-state index is -0.502. The number of nitrogens with one attached hydrogen (secondary N) is 1. The van der Waals surface area contributed by atoms with Gasteiger partial charge in [-0.25, -0.2) is 0 Å². The lowest BCUT2D eigenvalue weighted by Gasteiger charge is -2.13. The Kier molecular flexibility index (Phi) is 4.02. The number of anilines is 1. The molecular formula is C15H18N2O2. The van der Waals surface area contributed by atoms with Gasteiger partial charge in [-0.1, -0.05) is 37.6 Å². The van der Waals surface area contributed by atoms with Crippen LogP contribution in [0.2, 0.25) is 0 Å². The van der Waals surface area contributed by atoms with E-state index < -0.39 is 6.04 Å². The van der Waals surface area contributed by atoms with Crippen LogP contribution in [-0.2, 0) is 4.79 Å². The topological polar surface area (TPSA) is 75.4 Å². The first-order chi connectivity index (χ1) is 9.13. The van der Waals surface area contributed by atoms with E-state index in [-0.39, 0.29) is 11.7 Å². The van der Waals surface area contributed by atoms with Crippen molar-refractivity contribution in [3.63, 3.8) is 0 Å². The maximum Gasteiger partial charge on any atom is 0.241 e. The number of aromatic hydroxyl groups is 1. The fraction of sp³-hybridized carbons (Fsp3) is 0.267. The molecule has 4 nitrogen and oxygen atoms in total. The third kappa shape index (κ3) is 2.85. The molecule has 100 valence electrons. The number of phenolic OH excluding ortho intramolecular Hbond substituents is 1. The number of carbonyl (C=O) groups is 1. The largest absolute Gasteiger partial charge is 0.507 e. The standard InChI is InChI=1S/C15H18N2O2/c1-2-5-12(16)15(19)17-13-8-3-7-11-10(13)6-4-9-14(11)18/h3-4,6-9,12,18H,2,5,16H2,1H3,(H,17,19)/t12-/m1/s1. The van der Waals surface area contributed by atoms with Crippen LogP contribution in [0.1, 0.15) is 19.8 Å². The van der Waals surface area contributed by atoms with Crippen LogP contribution in [-0.4, -0.2) is 17.1 Å². The Labute approximate surface area is 112 Å². The van der Waals surface area contributed by atoms with Gasteiger partial charge in [0.05, 0.1) is 6.04 Å². The molecule has 0 radical (unpaired) electrons. The summed E-state index contributed by atoms with van der Waals surface area (Å²) in [7, 11) is 0. The number of nitrogens with two attached hydrogens (primary N) is 1. The lowest BCUT2D eigenvalue weighted by molar-refractivity contribution is -0.117. The number of fused-ring (bicyclic) bond motifs is 1. The Bertz CT molecular complexity index is 596. The van der Waals surface area contributed by atoms with Crippen LogP contribution in [0, 0.1) is 0 Å². The number of hydrogen-bond donors (Lipinski definition) is 3. The summed E-state index contributed by atoms with van der Waals surface area (Å²) in [5.74, 6) is 0.00384. The zero-order chi connectivity index (χ0) is 13.8. The Morgan fingerprint density at radius 3 is 2.68 bits per heavy atom. The van der Waals surface area contributed by atoms with Crippen molar-refractivity contribution >= 4 is 22.4 Å². The first-order valence-electron chi connectivity index (χ1n) is 6.40. The van der Waals surface area contributed by atoms with Gasteiger partial charge in [0.2, 0.25) is 5.91 Å². The molecule has 0 aliphatic carbocycles. The highest BCUT2D eigenvalue weighted by atomic mass is 16.3. The molecule has 0 saturated heterocycles. The molecule has 0 spiro atoms. The minimum absolute atomic E-state index is 0.197. The van der Waals surface area contributed by atoms with Crippen molar-refractivity contribution in [3.8, 4) is 5.75 Å². The Hall–Kier alpha value is -2.07. The molecule has 0 fully saturated rings. The first-order valence-corrected chi connectivity index (χ1v) is 6.40. The fourth-order valence-corrected chi connectivity index (χ4v) is 2.07. The van der Waals surface area contributed by atoms with Gasteiger partial charge in [0.15, 0.2) is 0 Å². The molecule has 0 bridgehead atoms. The van der Waals surface area contributed by atoms with Crippen LogP contribution >= 0.6 is 0 Å². The third-order valence-corrected chi connectivity index (χ3v) is 3.09. The predicted molar refractivity (Wildman–Crippen MR) is 77.1 cm³/mol. The van der Waals surface area contributed by atoms with Crippen molar-refractivity contribution in [1.29, 1.82) is 0 Å². The molecule has 0 heterocycles. The summed E-state index contributed by atoms with van der Waals surface area (Å²) in [4.78, 5) is 11.9. The van der Waals surface area contributed by atoms with Gasteiger partial charge >= 0.3 is 0 Å². The van der Waals surface area contributed by atoms with Gasteiger partial charge in [-0.3, -0.25) is 4.79 Å². The second-order valence-electron chi connectivity index (χ2n) is 4.56. The lowest BCUT2D eigenvalue weighted by Crippen LogP contribution is -2.35. The number of phenols is 1. The van der Waals surface area contributed by atoms with Crippen LogP contribution in [0.25, 0.3) is 10.8 Å². The summed E-state index contributed by atoms with van der Waals surface area (Å²) in [5.41, 5.74) is 6.46. The maximum absolute atomic E-state index is 11.9. The Morgan fingerprint density at radius 1 is 1.26 bits per heavy atom. The molecule has 2 aromatic rings. The van der Waals surface area contributed by atoms with E-state index in [1.54, 1.807) is 24.3 Å². The monoisotopic (exact) mass is 258 g/mol. The quantitative estimate of drug-likeness (QED) is 0.789. The molecule has 19 heavy (non-hydrogen) atoms. The van der Waals surface area contributed by atoms with Crippen molar-refractivity contribution in [2.24, 2.45) is 5.73 Å². The average molecular weight is 258 g/mol. The van der Waals surface area contributed by atoms with Gasteiger partial charge in [0, 0.05) is 16.5 Å². The van der Waals surface area contributed by atoms with Crippen molar-refractivity contribution in [2.75, 3.05) is 5.32 Å². The third-order valence-electron chi connectivity index (χ3n) is 3.09. The fourth-order valence-electron chi connectivity index (χ4n) is 2.07. The van der Waals surface area contributed by atoms with Gasteiger partial charge in [-0.2, -0.15) is 0 Å². The summed E-state index contributed by atoms with van der Waals surface area (Å²) in [6.07, 6.45) is 1.52. The molecule has 0 aliphatic rings. The van der Waals surface area contributed by atoms with Crippen LogP contribution in [0.15, 0.2) is 36.4 Å². The van der Waals surface area contributed by atoms with E-state index in [9.17, 15) is 9.90 Å². The highest BCUT2D eigenvalue weighted by Gasteiger charge is 2.13. The molecule has 0 aromatic heterocycles. The molecule has 0 aliphatic heterocycles.